The molecule has 0 spiro atoms. The SMILES string of the molecule is Cc1ccnn1-c1cccc(NC(=O)N2CCN(S(=O)(=O)c3cccnc3)CC2)c1. The predicted molar refractivity (Wildman–Crippen MR) is 112 cm³/mol. The second-order valence-electron chi connectivity index (χ2n) is 6.94. The molecule has 1 aromatic carbocycles. The number of nitrogens with zero attached hydrogens (tertiary/aromatic N) is 5. The molecular formula is C20H22N6O3S. The fraction of sp³-hybridized carbons (Fsp3) is 0.250. The molecule has 10 heteroatoms. The van der Waals surface area contributed by atoms with E-state index in [1.165, 1.54) is 22.8 Å². The van der Waals surface area contributed by atoms with Gasteiger partial charge in [0.25, 0.3) is 0 Å². The predicted octanol–water partition coefficient (Wildman–Crippen LogP) is 2.11. The summed E-state index contributed by atoms with van der Waals surface area (Å²) in [5, 5.41) is 7.17. The highest BCUT2D eigenvalue weighted by atomic mass is 32.2. The fourth-order valence-corrected chi connectivity index (χ4v) is 4.72. The van der Waals surface area contributed by atoms with Crippen LogP contribution >= 0.6 is 0 Å². The molecule has 1 aliphatic rings. The quantitative estimate of drug-likeness (QED) is 0.689. The summed E-state index contributed by atoms with van der Waals surface area (Å²) in [6, 6.07) is 12.2. The van der Waals surface area contributed by atoms with Crippen LogP contribution in [0, 0.1) is 6.92 Å². The van der Waals surface area contributed by atoms with Crippen molar-refractivity contribution in [1.29, 1.82) is 0 Å². The van der Waals surface area contributed by atoms with E-state index in [1.807, 2.05) is 37.3 Å². The first-order valence-corrected chi connectivity index (χ1v) is 11.0. The summed E-state index contributed by atoms with van der Waals surface area (Å²) in [7, 11) is -3.60. The summed E-state index contributed by atoms with van der Waals surface area (Å²) < 4.78 is 28.6. The number of hydrogen-bond acceptors (Lipinski definition) is 5. The molecule has 9 nitrogen and oxygen atoms in total. The second kappa shape index (κ2) is 8.25. The van der Waals surface area contributed by atoms with Gasteiger partial charge in [-0.1, -0.05) is 6.07 Å². The van der Waals surface area contributed by atoms with Crippen LogP contribution in [0.5, 0.6) is 0 Å². The van der Waals surface area contributed by atoms with E-state index in [2.05, 4.69) is 15.4 Å². The van der Waals surface area contributed by atoms with Crippen molar-refractivity contribution in [2.45, 2.75) is 11.8 Å². The number of pyridine rings is 1. The van der Waals surface area contributed by atoms with Gasteiger partial charge in [0, 0.05) is 56.2 Å². The number of aryl methyl sites for hydroxylation is 1. The Morgan fingerprint density at radius 3 is 2.50 bits per heavy atom. The highest BCUT2D eigenvalue weighted by molar-refractivity contribution is 7.89. The molecule has 0 radical (unpaired) electrons. The number of piperazine rings is 1. The van der Waals surface area contributed by atoms with Crippen LogP contribution in [0.1, 0.15) is 5.69 Å². The van der Waals surface area contributed by atoms with E-state index in [1.54, 1.807) is 21.8 Å². The summed E-state index contributed by atoms with van der Waals surface area (Å²) in [4.78, 5) is 18.3. The van der Waals surface area contributed by atoms with Gasteiger partial charge in [0.15, 0.2) is 0 Å². The minimum atomic E-state index is -3.60. The Morgan fingerprint density at radius 2 is 1.83 bits per heavy atom. The van der Waals surface area contributed by atoms with E-state index in [-0.39, 0.29) is 24.0 Å². The zero-order chi connectivity index (χ0) is 21.1. The molecule has 2 aromatic heterocycles. The van der Waals surface area contributed by atoms with Crippen LogP contribution in [-0.2, 0) is 10.0 Å². The number of sulfonamides is 1. The van der Waals surface area contributed by atoms with Crippen LogP contribution in [0.3, 0.4) is 0 Å². The van der Waals surface area contributed by atoms with Gasteiger partial charge in [0.05, 0.1) is 5.69 Å². The third kappa shape index (κ3) is 4.05. The minimum Gasteiger partial charge on any atom is -0.322 e. The first-order valence-electron chi connectivity index (χ1n) is 9.52. The van der Waals surface area contributed by atoms with E-state index < -0.39 is 10.0 Å². The summed E-state index contributed by atoms with van der Waals surface area (Å²) in [6.07, 6.45) is 4.59. The zero-order valence-electron chi connectivity index (χ0n) is 16.5. The zero-order valence-corrected chi connectivity index (χ0v) is 17.3. The van der Waals surface area contributed by atoms with Crippen LogP contribution in [-0.4, -0.2) is 64.6 Å². The molecule has 0 saturated carbocycles. The Bertz CT molecular complexity index is 1140. The smallest absolute Gasteiger partial charge is 0.321 e. The molecule has 1 aliphatic heterocycles. The lowest BCUT2D eigenvalue weighted by molar-refractivity contribution is 0.184. The molecule has 0 atom stereocenters. The molecular weight excluding hydrogens is 404 g/mol. The lowest BCUT2D eigenvalue weighted by Crippen LogP contribution is -2.51. The van der Waals surface area contributed by atoms with Gasteiger partial charge in [-0.25, -0.2) is 17.9 Å². The van der Waals surface area contributed by atoms with Crippen molar-refractivity contribution in [3.8, 4) is 5.69 Å². The van der Waals surface area contributed by atoms with E-state index in [9.17, 15) is 13.2 Å². The maximum Gasteiger partial charge on any atom is 0.321 e. The van der Waals surface area contributed by atoms with Gasteiger partial charge in [0.2, 0.25) is 10.0 Å². The van der Waals surface area contributed by atoms with Gasteiger partial charge in [-0.3, -0.25) is 4.98 Å². The standard InChI is InChI=1S/C20H22N6O3S/c1-16-7-9-22-26(16)18-5-2-4-17(14-18)23-20(27)24-10-12-25(13-11-24)30(28,29)19-6-3-8-21-15-19/h2-9,14-15H,10-13H2,1H3,(H,23,27). The number of amides is 2. The first-order chi connectivity index (χ1) is 14.4. The van der Waals surface area contributed by atoms with Crippen molar-refractivity contribution in [1.82, 2.24) is 24.0 Å². The number of nitrogens with one attached hydrogen (secondary N) is 1. The minimum absolute atomic E-state index is 0.161. The van der Waals surface area contributed by atoms with Crippen molar-refractivity contribution < 1.29 is 13.2 Å². The number of benzene rings is 1. The van der Waals surface area contributed by atoms with E-state index in [0.717, 1.165) is 11.4 Å². The van der Waals surface area contributed by atoms with Gasteiger partial charge in [0.1, 0.15) is 4.90 Å². The maximum absolute atomic E-state index is 12.7. The molecule has 1 N–H and O–H groups in total. The van der Waals surface area contributed by atoms with Gasteiger partial charge in [-0.05, 0) is 43.3 Å². The van der Waals surface area contributed by atoms with Crippen molar-refractivity contribution in [2.75, 3.05) is 31.5 Å². The average molecular weight is 427 g/mol. The van der Waals surface area contributed by atoms with Crippen LogP contribution in [0.15, 0.2) is 66.0 Å². The Balaban J connectivity index is 1.39. The summed E-state index contributed by atoms with van der Waals surface area (Å²) >= 11 is 0. The summed E-state index contributed by atoms with van der Waals surface area (Å²) in [5.74, 6) is 0. The average Bonchev–Trinajstić information content (AvgIpc) is 3.20. The lowest BCUT2D eigenvalue weighted by Gasteiger charge is -2.33. The molecule has 1 fully saturated rings. The monoisotopic (exact) mass is 426 g/mol. The largest absolute Gasteiger partial charge is 0.322 e. The van der Waals surface area contributed by atoms with Crippen LogP contribution in [0.2, 0.25) is 0 Å². The summed E-state index contributed by atoms with van der Waals surface area (Å²) in [5.41, 5.74) is 2.49. The normalized spacial score (nSPS) is 15.2. The van der Waals surface area contributed by atoms with Gasteiger partial charge < -0.3 is 10.2 Å². The Labute approximate surface area is 175 Å². The number of hydrogen-bond donors (Lipinski definition) is 1. The number of rotatable bonds is 4. The number of aromatic nitrogens is 3. The molecule has 3 heterocycles. The Hall–Kier alpha value is -3.24. The van der Waals surface area contributed by atoms with Gasteiger partial charge in [-0.2, -0.15) is 9.40 Å². The van der Waals surface area contributed by atoms with Crippen LogP contribution in [0.25, 0.3) is 5.69 Å². The molecule has 4 rings (SSSR count). The molecule has 0 aliphatic carbocycles. The third-order valence-electron chi connectivity index (χ3n) is 4.97. The van der Waals surface area contributed by atoms with Gasteiger partial charge >= 0.3 is 6.03 Å². The highest BCUT2D eigenvalue weighted by Gasteiger charge is 2.30. The molecule has 156 valence electrons. The molecule has 0 unspecified atom stereocenters. The van der Waals surface area contributed by atoms with E-state index in [4.69, 9.17) is 0 Å². The fourth-order valence-electron chi connectivity index (χ4n) is 3.34. The van der Waals surface area contributed by atoms with E-state index >= 15 is 0 Å². The molecule has 3 aromatic rings. The maximum atomic E-state index is 12.7. The third-order valence-corrected chi connectivity index (χ3v) is 6.85. The number of anilines is 1. The Morgan fingerprint density at radius 1 is 1.03 bits per heavy atom. The topological polar surface area (TPSA) is 100 Å². The van der Waals surface area contributed by atoms with Crippen LogP contribution in [0.4, 0.5) is 10.5 Å². The van der Waals surface area contributed by atoms with E-state index in [0.29, 0.717) is 18.8 Å². The van der Waals surface area contributed by atoms with Crippen molar-refractivity contribution in [3.05, 3.63) is 66.7 Å². The van der Waals surface area contributed by atoms with Crippen molar-refractivity contribution in [3.63, 3.8) is 0 Å². The molecule has 1 saturated heterocycles. The highest BCUT2D eigenvalue weighted by Crippen LogP contribution is 2.19. The van der Waals surface area contributed by atoms with Gasteiger partial charge in [-0.15, -0.1) is 0 Å². The number of carbonyl (C=O) groups is 1. The van der Waals surface area contributed by atoms with Crippen LogP contribution < -0.4 is 5.32 Å². The lowest BCUT2D eigenvalue weighted by atomic mass is 10.2. The summed E-state index contributed by atoms with van der Waals surface area (Å²) in [6.45, 7) is 3.04. The Kier molecular flexibility index (Phi) is 5.51. The first kappa shape index (κ1) is 20.0. The second-order valence-corrected chi connectivity index (χ2v) is 8.88. The molecule has 30 heavy (non-hydrogen) atoms. The molecule has 2 amide bonds. The number of urea groups is 1. The number of carbonyl (C=O) groups excluding carboxylic acids is 1. The van der Waals surface area contributed by atoms with Crippen molar-refractivity contribution >= 4 is 21.7 Å². The van der Waals surface area contributed by atoms with Crippen molar-refractivity contribution in [2.24, 2.45) is 0 Å². The molecule has 0 bridgehead atoms.